The van der Waals surface area contributed by atoms with Gasteiger partial charge >= 0.3 is 0 Å². The summed E-state index contributed by atoms with van der Waals surface area (Å²) in [6.07, 6.45) is 18.9. The molecule has 5 radical (unpaired) electrons. The third-order valence-electron chi connectivity index (χ3n) is 16.0. The number of aromatic nitrogens is 10. The van der Waals surface area contributed by atoms with Crippen molar-refractivity contribution in [1.82, 2.24) is 48.9 Å². The Labute approximate surface area is 650 Å². The van der Waals surface area contributed by atoms with E-state index < -0.39 is 0 Å². The number of rotatable bonds is 7. The first kappa shape index (κ1) is 72.0. The van der Waals surface area contributed by atoms with Crippen LogP contribution in [0.3, 0.4) is 0 Å². The van der Waals surface area contributed by atoms with E-state index in [0.29, 0.717) is 0 Å². The molecule has 0 bridgehead atoms. The van der Waals surface area contributed by atoms with Crippen LogP contribution in [0.15, 0.2) is 320 Å². The molecule has 0 N–H and O–H groups in total. The number of hydrogen-bond donors (Lipinski definition) is 0. The largest absolute Gasteiger partial charge is 0.513 e. The Balaban J connectivity index is 0.000000125. The zero-order valence-electron chi connectivity index (χ0n) is 52.2. The second-order valence-electron chi connectivity index (χ2n) is 21.9. The predicted octanol–water partition coefficient (Wildman–Crippen LogP) is 20.2. The molecule has 0 aliphatic heterocycles. The average molecular weight is 2220 g/mol. The van der Waals surface area contributed by atoms with Crippen molar-refractivity contribution in [3.63, 3.8) is 0 Å². The maximum atomic E-state index is 6.06. The molecule has 0 saturated carbocycles. The minimum atomic E-state index is 0. The minimum Gasteiger partial charge on any atom is -0.513 e. The van der Waals surface area contributed by atoms with Crippen LogP contribution < -0.4 is 0 Å². The topological polar surface area (TPSA) is 115 Å². The number of furan rings is 2. The van der Waals surface area contributed by atoms with Crippen LogP contribution in [0.2, 0.25) is 0 Å². The van der Waals surface area contributed by atoms with Crippen molar-refractivity contribution in [1.29, 1.82) is 0 Å². The minimum absolute atomic E-state index is 0. The smallest absolute Gasteiger partial charge is 0.116 e. The normalized spacial score (nSPS) is 10.6. The number of fused-ring (bicyclic) bond motifs is 12. The van der Waals surface area contributed by atoms with E-state index in [-0.39, 0.29) is 101 Å². The Morgan fingerprint density at radius 3 is 1.32 bits per heavy atom. The van der Waals surface area contributed by atoms with Gasteiger partial charge in [0.1, 0.15) is 11.2 Å². The molecule has 9 heterocycles. The molecule has 20 aromatic rings. The van der Waals surface area contributed by atoms with Crippen LogP contribution in [0.4, 0.5) is 0 Å². The molecule has 9 aromatic heterocycles. The van der Waals surface area contributed by atoms with Crippen molar-refractivity contribution in [2.45, 2.75) is 0 Å². The SMILES string of the molecule is [Ir].[Ir].[Ir].[Ir].[Ir].[c-]1cc2c(cc1-n1cccn1)sc1ccccc12.[c-]1ccc2c(oc3ccccc32)c1-n1cc(-c2ccccc2)cn1.[c-]1ccc2c(oc3ccccc32)c1-n1cccn1.[c-]1ccc2c(sc3ccccc32)c1-n1cccn1.[c-]1ccccc1-n1cc(-c2ccccc2)cn1. The second kappa shape index (κ2) is 33.3. The summed E-state index contributed by atoms with van der Waals surface area (Å²) in [5, 5.41) is 31.2. The van der Waals surface area contributed by atoms with Gasteiger partial charge in [-0.15, -0.1) is 22.9 Å². The summed E-state index contributed by atoms with van der Waals surface area (Å²) in [4.78, 5) is 0. The average Bonchev–Trinajstić information content (AvgIpc) is 1.64. The summed E-state index contributed by atoms with van der Waals surface area (Å²) in [5.74, 6) is 0. The van der Waals surface area contributed by atoms with Crippen molar-refractivity contribution < 1.29 is 109 Å². The van der Waals surface area contributed by atoms with E-state index in [1.165, 1.54) is 45.9 Å². The van der Waals surface area contributed by atoms with Crippen LogP contribution >= 0.6 is 22.7 Å². The van der Waals surface area contributed by atoms with Gasteiger partial charge in [0, 0.05) is 193 Å². The fourth-order valence-electron chi connectivity index (χ4n) is 11.5. The quantitative estimate of drug-likeness (QED) is 0.146. The first-order valence-corrected chi connectivity index (χ1v) is 32.2. The third kappa shape index (κ3) is 15.1. The molecule has 0 aliphatic rings. The molecule has 0 saturated heterocycles. The Morgan fingerprint density at radius 1 is 0.300 bits per heavy atom. The Hall–Kier alpha value is -9.24. The van der Waals surface area contributed by atoms with Gasteiger partial charge in [-0.25, -0.2) is 11.3 Å². The number of thiophene rings is 2. The third-order valence-corrected chi connectivity index (χ3v) is 18.3. The van der Waals surface area contributed by atoms with E-state index in [4.69, 9.17) is 8.83 Å². The van der Waals surface area contributed by atoms with Crippen LogP contribution in [0.25, 0.3) is 135 Å². The van der Waals surface area contributed by atoms with Crippen molar-refractivity contribution in [3.8, 4) is 50.7 Å². The molecule has 0 fully saturated rings. The fourth-order valence-corrected chi connectivity index (χ4v) is 13.8. The first-order valence-electron chi connectivity index (χ1n) is 30.6. The number of para-hydroxylation sites is 3. The second-order valence-corrected chi connectivity index (χ2v) is 24.0. The molecule has 12 nitrogen and oxygen atoms in total. The van der Waals surface area contributed by atoms with Crippen molar-refractivity contribution >= 4 is 107 Å². The standard InChI is InChI=1S/C21H13N2O.C15H9N2O.2C15H9N2S.C15H11N2.5Ir/c1-2-7-15(8-3-1)16-13-22-23(14-16)19-11-6-10-18-17-9-4-5-12-20(17)24-21(18)19;2*1-2-8-14-11(5-1)12-6-3-7-13(15(12)18-14)17-10-4-9-16-17;1-2-5-14-12(4-1)13-7-6-11(10-15(13)18-14)17-9-3-8-16-17;1-3-7-13(8-4-1)14-11-16-17(12-14)15-9-5-2-6-10-15;;;;;/h1-10,12-14H;2*1-6,8-10H;1-5,7-10H;1-9,11-12H;;;;;/q5*-1;;;;;. The van der Waals surface area contributed by atoms with Crippen molar-refractivity contribution in [3.05, 3.63) is 341 Å². The fraction of sp³-hybridized carbons (Fsp3) is 0. The van der Waals surface area contributed by atoms with Crippen LogP contribution in [0.1, 0.15) is 0 Å². The molecule has 0 amide bonds. The van der Waals surface area contributed by atoms with Crippen LogP contribution in [-0.4, -0.2) is 48.9 Å². The molecule has 0 unspecified atom stereocenters. The Bertz CT molecular complexity index is 5760. The van der Waals surface area contributed by atoms with E-state index >= 15 is 0 Å². The van der Waals surface area contributed by atoms with Crippen LogP contribution in [0.5, 0.6) is 0 Å². The molecule has 100 heavy (non-hydrogen) atoms. The predicted molar refractivity (Wildman–Crippen MR) is 383 cm³/mol. The summed E-state index contributed by atoms with van der Waals surface area (Å²) < 4.78 is 26.3. The maximum absolute atomic E-state index is 6.06. The van der Waals surface area contributed by atoms with Gasteiger partial charge in [-0.2, -0.15) is 128 Å². The monoisotopic (exact) mass is 2220 g/mol. The molecule has 0 atom stereocenters. The van der Waals surface area contributed by atoms with Gasteiger partial charge in [-0.05, 0) is 92.1 Å². The Kier molecular flexibility index (Phi) is 24.0. The van der Waals surface area contributed by atoms with Gasteiger partial charge in [0.25, 0.3) is 0 Å². The zero-order valence-corrected chi connectivity index (χ0v) is 65.8. The molecule has 0 spiro atoms. The summed E-state index contributed by atoms with van der Waals surface area (Å²) in [7, 11) is 0. The zero-order chi connectivity index (χ0) is 63.3. The molecule has 0 aliphatic carbocycles. The van der Waals surface area contributed by atoms with Gasteiger partial charge in [0.2, 0.25) is 0 Å². The summed E-state index contributed by atoms with van der Waals surface area (Å²) in [6.45, 7) is 0. The van der Waals surface area contributed by atoms with E-state index in [9.17, 15) is 0 Å². The molecular weight excluding hydrogens is 2170 g/mol. The Morgan fingerprint density at radius 2 is 0.760 bits per heavy atom. The molecule has 19 heteroatoms. The molecule has 20 rings (SSSR count). The van der Waals surface area contributed by atoms with E-state index in [0.717, 1.165) is 89.0 Å². The first-order chi connectivity index (χ1) is 47.1. The number of hydrogen-bond acceptors (Lipinski definition) is 9. The van der Waals surface area contributed by atoms with Crippen LogP contribution in [0, 0.1) is 30.3 Å². The number of benzene rings is 11. The van der Waals surface area contributed by atoms with Gasteiger partial charge < -0.3 is 8.83 Å². The van der Waals surface area contributed by atoms with Gasteiger partial charge in [-0.3, -0.25) is 23.4 Å². The van der Waals surface area contributed by atoms with Gasteiger partial charge in [-0.1, -0.05) is 154 Å². The molecule has 499 valence electrons. The summed E-state index contributed by atoms with van der Waals surface area (Å²) >= 11 is 3.61. The van der Waals surface area contributed by atoms with E-state index in [1.807, 2.05) is 219 Å². The van der Waals surface area contributed by atoms with E-state index in [2.05, 4.69) is 159 Å². The van der Waals surface area contributed by atoms with Gasteiger partial charge in [0.15, 0.2) is 0 Å². The maximum Gasteiger partial charge on any atom is 0.116 e. The summed E-state index contributed by atoms with van der Waals surface area (Å²) in [5.41, 5.74) is 12.5. The van der Waals surface area contributed by atoms with Crippen LogP contribution in [-0.2, 0) is 101 Å². The molecular formula is C81H51Ir5N10O2S2-5. The van der Waals surface area contributed by atoms with Crippen molar-refractivity contribution in [2.24, 2.45) is 0 Å². The van der Waals surface area contributed by atoms with Crippen molar-refractivity contribution in [2.75, 3.05) is 0 Å². The van der Waals surface area contributed by atoms with Gasteiger partial charge in [0.05, 0.1) is 12.4 Å². The molecule has 11 aromatic carbocycles. The van der Waals surface area contributed by atoms with E-state index in [1.54, 1.807) is 34.6 Å². The number of nitrogens with zero attached hydrogens (tertiary/aromatic N) is 10. The summed E-state index contributed by atoms with van der Waals surface area (Å²) in [6, 6.07) is 99.4.